The van der Waals surface area contributed by atoms with E-state index in [1.54, 1.807) is 16.7 Å². The molecule has 4 N–H and O–H groups in total. The van der Waals surface area contributed by atoms with Crippen molar-refractivity contribution in [2.24, 2.45) is 5.73 Å². The number of benzene rings is 2. The quantitative estimate of drug-likeness (QED) is 0.495. The van der Waals surface area contributed by atoms with Gasteiger partial charge < -0.3 is 25.3 Å². The van der Waals surface area contributed by atoms with E-state index in [1.807, 2.05) is 31.2 Å². The lowest BCUT2D eigenvalue weighted by Crippen LogP contribution is -2.33. The minimum Gasteiger partial charge on any atom is -0.504 e. The van der Waals surface area contributed by atoms with Crippen LogP contribution >= 0.6 is 0 Å². The Labute approximate surface area is 198 Å². The van der Waals surface area contributed by atoms with Crippen LogP contribution in [0.5, 0.6) is 17.2 Å². The van der Waals surface area contributed by atoms with Gasteiger partial charge in [-0.25, -0.2) is 0 Å². The van der Waals surface area contributed by atoms with Crippen LogP contribution in [0, 0.1) is 18.3 Å². The van der Waals surface area contributed by atoms with E-state index < -0.39 is 5.92 Å². The van der Waals surface area contributed by atoms with Gasteiger partial charge in [0.1, 0.15) is 17.4 Å². The largest absolute Gasteiger partial charge is 0.504 e. The van der Waals surface area contributed by atoms with Crippen LogP contribution in [-0.4, -0.2) is 14.8 Å². The van der Waals surface area contributed by atoms with Gasteiger partial charge in [0, 0.05) is 18.3 Å². The monoisotopic (exact) mass is 457 g/mol. The molecule has 7 nitrogen and oxygen atoms in total. The van der Waals surface area contributed by atoms with E-state index in [0.29, 0.717) is 35.9 Å². The molecule has 2 heterocycles. The van der Waals surface area contributed by atoms with Crippen molar-refractivity contribution in [3.63, 3.8) is 0 Å². The van der Waals surface area contributed by atoms with Crippen molar-refractivity contribution in [3.05, 3.63) is 98.3 Å². The van der Waals surface area contributed by atoms with Crippen molar-refractivity contribution in [1.29, 1.82) is 5.26 Å². The number of nitriles is 1. The predicted molar refractivity (Wildman–Crippen MR) is 129 cm³/mol. The van der Waals surface area contributed by atoms with E-state index in [4.69, 9.17) is 10.5 Å². The second kappa shape index (κ2) is 8.99. The van der Waals surface area contributed by atoms with Gasteiger partial charge in [0.05, 0.1) is 11.5 Å². The molecule has 1 atom stereocenters. The number of aromatic hydroxyl groups is 2. The Kier molecular flexibility index (Phi) is 6.08. The summed E-state index contributed by atoms with van der Waals surface area (Å²) in [5.74, 6) is -0.315. The maximum absolute atomic E-state index is 13.7. The van der Waals surface area contributed by atoms with Crippen molar-refractivity contribution >= 4 is 0 Å². The van der Waals surface area contributed by atoms with Crippen LogP contribution in [0.3, 0.4) is 0 Å². The van der Waals surface area contributed by atoms with Gasteiger partial charge in [-0.1, -0.05) is 44.2 Å². The summed E-state index contributed by atoms with van der Waals surface area (Å²) in [4.78, 5) is 13.7. The summed E-state index contributed by atoms with van der Waals surface area (Å²) in [5, 5.41) is 29.2. The van der Waals surface area contributed by atoms with Crippen molar-refractivity contribution in [2.75, 3.05) is 0 Å². The standard InChI is InChI=1S/C27H27N3O4/c1-15(2)18-5-7-19(8-6-18)24-20(14-28)26(29)34-23-12-16(3)30(27(33)25(23)24)11-10-17-4-9-21(31)22(32)13-17/h4-9,12-13,15,24,31-32H,10-11,29H2,1-3H3. The van der Waals surface area contributed by atoms with Crippen molar-refractivity contribution in [3.8, 4) is 23.3 Å². The van der Waals surface area contributed by atoms with Gasteiger partial charge in [0.15, 0.2) is 11.5 Å². The van der Waals surface area contributed by atoms with Crippen molar-refractivity contribution < 1.29 is 14.9 Å². The van der Waals surface area contributed by atoms with Crippen LogP contribution in [0.2, 0.25) is 0 Å². The molecule has 1 aromatic heterocycles. The number of hydrogen-bond acceptors (Lipinski definition) is 6. The SMILES string of the molecule is Cc1cc2c(c(=O)n1CCc1ccc(O)c(O)c1)C(c1ccc(C(C)C)cc1)C(C#N)=C(N)O2. The first-order valence-electron chi connectivity index (χ1n) is 11.1. The Morgan fingerprint density at radius 1 is 1.12 bits per heavy atom. The number of aromatic nitrogens is 1. The first-order chi connectivity index (χ1) is 16.2. The zero-order valence-corrected chi connectivity index (χ0v) is 19.4. The zero-order chi connectivity index (χ0) is 24.6. The van der Waals surface area contributed by atoms with Crippen LogP contribution in [0.25, 0.3) is 0 Å². The highest BCUT2D eigenvalue weighted by Gasteiger charge is 2.34. The lowest BCUT2D eigenvalue weighted by atomic mass is 9.83. The number of pyridine rings is 1. The highest BCUT2D eigenvalue weighted by Crippen LogP contribution is 2.40. The van der Waals surface area contributed by atoms with Gasteiger partial charge >= 0.3 is 0 Å². The topological polar surface area (TPSA) is 122 Å². The fourth-order valence-electron chi connectivity index (χ4n) is 4.34. The molecule has 34 heavy (non-hydrogen) atoms. The second-order valence-electron chi connectivity index (χ2n) is 8.84. The third kappa shape index (κ3) is 4.11. The Bertz CT molecular complexity index is 1380. The number of allylic oxidation sites excluding steroid dienone is 1. The van der Waals surface area contributed by atoms with E-state index in [-0.39, 0.29) is 28.5 Å². The van der Waals surface area contributed by atoms with Gasteiger partial charge in [-0.15, -0.1) is 0 Å². The van der Waals surface area contributed by atoms with Crippen molar-refractivity contribution in [1.82, 2.24) is 4.57 Å². The number of phenolic OH excluding ortho intramolecular Hbond substituents is 2. The summed E-state index contributed by atoms with van der Waals surface area (Å²) in [5.41, 5.74) is 9.84. The zero-order valence-electron chi connectivity index (χ0n) is 19.4. The minimum atomic E-state index is -0.632. The van der Waals surface area contributed by atoms with E-state index in [2.05, 4.69) is 19.9 Å². The second-order valence-corrected chi connectivity index (χ2v) is 8.84. The molecule has 1 aliphatic heterocycles. The number of aryl methyl sites for hydroxylation is 2. The van der Waals surface area contributed by atoms with E-state index >= 15 is 0 Å². The summed E-state index contributed by atoms with van der Waals surface area (Å²) in [7, 11) is 0. The Hall–Kier alpha value is -4.18. The Balaban J connectivity index is 1.79. The molecule has 7 heteroatoms. The van der Waals surface area contributed by atoms with Crippen LogP contribution in [0.1, 0.15) is 53.6 Å². The maximum atomic E-state index is 13.7. The first kappa shape index (κ1) is 23.0. The number of phenols is 2. The van der Waals surface area contributed by atoms with Gasteiger partial charge in [0.25, 0.3) is 5.56 Å². The average Bonchev–Trinajstić information content (AvgIpc) is 2.80. The number of ether oxygens (including phenoxy) is 1. The van der Waals surface area contributed by atoms with Gasteiger partial charge in [-0.2, -0.15) is 5.26 Å². The molecule has 174 valence electrons. The third-order valence-electron chi connectivity index (χ3n) is 6.29. The average molecular weight is 458 g/mol. The van der Waals surface area contributed by atoms with Gasteiger partial charge in [0.2, 0.25) is 5.88 Å². The van der Waals surface area contributed by atoms with Crippen LogP contribution in [0.4, 0.5) is 0 Å². The molecule has 0 saturated carbocycles. The highest BCUT2D eigenvalue weighted by molar-refractivity contribution is 5.55. The molecule has 0 fully saturated rings. The van der Waals surface area contributed by atoms with Gasteiger partial charge in [-0.05, 0) is 48.1 Å². The lowest BCUT2D eigenvalue weighted by molar-refractivity contribution is 0.388. The summed E-state index contributed by atoms with van der Waals surface area (Å²) >= 11 is 0. The van der Waals surface area contributed by atoms with Crippen LogP contribution < -0.4 is 16.0 Å². The molecule has 0 radical (unpaired) electrons. The Morgan fingerprint density at radius 3 is 2.44 bits per heavy atom. The molecule has 4 rings (SSSR count). The number of fused-ring (bicyclic) bond motifs is 1. The lowest BCUT2D eigenvalue weighted by Gasteiger charge is -2.27. The predicted octanol–water partition coefficient (Wildman–Crippen LogP) is 4.15. The fraction of sp³-hybridized carbons (Fsp3) is 0.259. The minimum absolute atomic E-state index is 0.00375. The molecular formula is C27H27N3O4. The van der Waals surface area contributed by atoms with Crippen LogP contribution in [0.15, 0.2) is 64.8 Å². The number of nitrogens with zero attached hydrogens (tertiary/aromatic N) is 2. The summed E-state index contributed by atoms with van der Waals surface area (Å²) in [6.45, 7) is 6.37. The molecule has 2 aromatic carbocycles. The first-order valence-corrected chi connectivity index (χ1v) is 11.1. The maximum Gasteiger partial charge on any atom is 0.258 e. The number of nitrogens with two attached hydrogens (primary N) is 1. The van der Waals surface area contributed by atoms with Crippen molar-refractivity contribution in [2.45, 2.75) is 45.6 Å². The molecule has 0 bridgehead atoms. The van der Waals surface area contributed by atoms with E-state index in [9.17, 15) is 20.3 Å². The summed E-state index contributed by atoms with van der Waals surface area (Å²) in [6.07, 6.45) is 0.463. The molecule has 0 aliphatic carbocycles. The number of rotatable bonds is 5. The fourth-order valence-corrected chi connectivity index (χ4v) is 4.34. The highest BCUT2D eigenvalue weighted by atomic mass is 16.5. The molecule has 0 saturated heterocycles. The summed E-state index contributed by atoms with van der Waals surface area (Å²) < 4.78 is 7.36. The molecular weight excluding hydrogens is 430 g/mol. The van der Waals surface area contributed by atoms with E-state index in [0.717, 1.165) is 16.7 Å². The number of hydrogen-bond donors (Lipinski definition) is 3. The van der Waals surface area contributed by atoms with Crippen LogP contribution in [-0.2, 0) is 13.0 Å². The summed E-state index contributed by atoms with van der Waals surface area (Å²) in [6, 6.07) is 16.4. The normalized spacial score (nSPS) is 15.1. The van der Waals surface area contributed by atoms with Gasteiger partial charge in [-0.3, -0.25) is 4.79 Å². The van der Waals surface area contributed by atoms with E-state index in [1.165, 1.54) is 12.1 Å². The molecule has 0 spiro atoms. The third-order valence-corrected chi connectivity index (χ3v) is 6.29. The Morgan fingerprint density at radius 2 is 1.82 bits per heavy atom. The smallest absolute Gasteiger partial charge is 0.258 e. The molecule has 1 unspecified atom stereocenters. The molecule has 3 aromatic rings. The molecule has 0 amide bonds. The molecule has 1 aliphatic rings.